The van der Waals surface area contributed by atoms with Gasteiger partial charge in [0.15, 0.2) is 0 Å². The number of oxime groups is 1. The van der Waals surface area contributed by atoms with Crippen molar-refractivity contribution in [1.82, 2.24) is 0 Å². The normalized spacial score (nSPS) is 12.7. The number of nitro benzene ring substituents is 1. The summed E-state index contributed by atoms with van der Waals surface area (Å²) >= 11 is 1.47. The van der Waals surface area contributed by atoms with Gasteiger partial charge in [-0.25, -0.2) is 4.79 Å². The Hall–Kier alpha value is -2.87. The maximum atomic E-state index is 10.9. The molecule has 0 amide bonds. The van der Waals surface area contributed by atoms with E-state index in [2.05, 4.69) is 9.99 Å². The van der Waals surface area contributed by atoms with Gasteiger partial charge in [-0.3, -0.25) is 10.1 Å². The number of benzene rings is 2. The first-order valence-electron chi connectivity index (χ1n) is 6.95. The van der Waals surface area contributed by atoms with Crippen LogP contribution < -0.4 is 4.74 Å². The highest BCUT2D eigenvalue weighted by molar-refractivity contribution is 7.99. The molecule has 0 aliphatic carbocycles. The highest BCUT2D eigenvalue weighted by Gasteiger charge is 2.21. The van der Waals surface area contributed by atoms with Crippen LogP contribution in [0, 0.1) is 10.1 Å². The Morgan fingerprint density at radius 3 is 2.50 bits per heavy atom. The standard InChI is InChI=1S/C16H12N2O5S/c1-9(17-23-10(2)19)11-3-5-15-13(7-11)22-14-8-12(18(20)21)4-6-16(14)24-15/h3-8H,1-2H3. The van der Waals surface area contributed by atoms with Crippen LogP contribution in [0.3, 0.4) is 0 Å². The number of non-ortho nitro benzene ring substituents is 1. The molecule has 0 saturated carbocycles. The smallest absolute Gasteiger partial charge is 0.331 e. The van der Waals surface area contributed by atoms with Gasteiger partial charge in [0.05, 0.1) is 26.5 Å². The molecule has 1 aliphatic heterocycles. The summed E-state index contributed by atoms with van der Waals surface area (Å²) in [6.45, 7) is 2.98. The zero-order chi connectivity index (χ0) is 17.3. The van der Waals surface area contributed by atoms with Gasteiger partial charge >= 0.3 is 5.97 Å². The van der Waals surface area contributed by atoms with Gasteiger partial charge in [-0.05, 0) is 25.1 Å². The van der Waals surface area contributed by atoms with E-state index in [0.29, 0.717) is 17.2 Å². The van der Waals surface area contributed by atoms with Gasteiger partial charge in [0.25, 0.3) is 5.69 Å². The van der Waals surface area contributed by atoms with Crippen molar-refractivity contribution in [2.45, 2.75) is 23.6 Å². The molecule has 0 bridgehead atoms. The molecule has 0 unspecified atom stereocenters. The molecule has 2 aromatic rings. The van der Waals surface area contributed by atoms with E-state index in [1.165, 1.54) is 30.8 Å². The van der Waals surface area contributed by atoms with Crippen LogP contribution in [0.25, 0.3) is 0 Å². The molecule has 122 valence electrons. The molecule has 0 N–H and O–H groups in total. The van der Waals surface area contributed by atoms with E-state index >= 15 is 0 Å². The molecule has 0 aromatic heterocycles. The first kappa shape index (κ1) is 16.0. The monoisotopic (exact) mass is 344 g/mol. The second-order valence-corrected chi connectivity index (χ2v) is 6.10. The minimum absolute atomic E-state index is 0.0263. The molecule has 1 aliphatic rings. The van der Waals surface area contributed by atoms with Crippen LogP contribution in [0.15, 0.2) is 51.3 Å². The Morgan fingerprint density at radius 2 is 1.83 bits per heavy atom. The molecule has 2 aromatic carbocycles. The Labute approximate surface area is 141 Å². The van der Waals surface area contributed by atoms with Crippen LogP contribution in [0.4, 0.5) is 5.69 Å². The molecule has 0 atom stereocenters. The topological polar surface area (TPSA) is 91.0 Å². The van der Waals surface area contributed by atoms with E-state index < -0.39 is 10.9 Å². The number of nitrogens with zero attached hydrogens (tertiary/aromatic N) is 2. The SMILES string of the molecule is CC(=O)ON=C(C)c1ccc2c(c1)Oc1cc([N+](=O)[O-])ccc1S2. The van der Waals surface area contributed by atoms with Crippen molar-refractivity contribution in [1.29, 1.82) is 0 Å². The van der Waals surface area contributed by atoms with E-state index in [1.807, 2.05) is 12.1 Å². The van der Waals surface area contributed by atoms with Crippen LogP contribution in [-0.2, 0) is 9.63 Å². The van der Waals surface area contributed by atoms with Crippen LogP contribution >= 0.6 is 11.8 Å². The summed E-state index contributed by atoms with van der Waals surface area (Å²) < 4.78 is 5.80. The summed E-state index contributed by atoms with van der Waals surface area (Å²) in [5.41, 5.74) is 1.22. The predicted molar refractivity (Wildman–Crippen MR) is 87.7 cm³/mol. The average molecular weight is 344 g/mol. The summed E-state index contributed by atoms with van der Waals surface area (Å²) in [7, 11) is 0. The fraction of sp³-hybridized carbons (Fsp3) is 0.125. The third-order valence-corrected chi connectivity index (χ3v) is 4.36. The lowest BCUT2D eigenvalue weighted by Crippen LogP contribution is -2.02. The molecule has 3 rings (SSSR count). The number of ether oxygens (including phenoxy) is 1. The minimum atomic E-state index is -0.500. The second-order valence-electron chi connectivity index (χ2n) is 5.01. The van der Waals surface area contributed by atoms with Crippen molar-refractivity contribution in [3.63, 3.8) is 0 Å². The van der Waals surface area contributed by atoms with Crippen molar-refractivity contribution in [2.24, 2.45) is 5.16 Å². The fourth-order valence-electron chi connectivity index (χ4n) is 2.09. The van der Waals surface area contributed by atoms with Crippen molar-refractivity contribution in [3.8, 4) is 11.5 Å². The maximum absolute atomic E-state index is 10.9. The molecule has 24 heavy (non-hydrogen) atoms. The van der Waals surface area contributed by atoms with Crippen molar-refractivity contribution >= 4 is 29.1 Å². The van der Waals surface area contributed by atoms with Gasteiger partial charge in [0.1, 0.15) is 11.5 Å². The molecule has 0 spiro atoms. The van der Waals surface area contributed by atoms with Gasteiger partial charge in [0.2, 0.25) is 0 Å². The summed E-state index contributed by atoms with van der Waals surface area (Å²) in [6, 6.07) is 9.98. The van der Waals surface area contributed by atoms with E-state index in [9.17, 15) is 14.9 Å². The molecule has 1 heterocycles. The fourth-order valence-corrected chi connectivity index (χ4v) is 3.01. The van der Waals surface area contributed by atoms with Crippen molar-refractivity contribution < 1.29 is 19.3 Å². The lowest BCUT2D eigenvalue weighted by atomic mass is 10.1. The molecule has 0 saturated heterocycles. The maximum Gasteiger partial charge on any atom is 0.331 e. The predicted octanol–water partition coefficient (Wildman–Crippen LogP) is 4.14. The van der Waals surface area contributed by atoms with Crippen LogP contribution in [0.2, 0.25) is 0 Å². The molecular formula is C16H12N2O5S. The van der Waals surface area contributed by atoms with Crippen LogP contribution in [0.1, 0.15) is 19.4 Å². The summed E-state index contributed by atoms with van der Waals surface area (Å²) in [5, 5.41) is 14.6. The number of hydrogen-bond donors (Lipinski definition) is 0. The van der Waals surface area contributed by atoms with Gasteiger partial charge in [-0.15, -0.1) is 0 Å². The third-order valence-electron chi connectivity index (χ3n) is 3.25. The number of hydrogen-bond acceptors (Lipinski definition) is 7. The highest BCUT2D eigenvalue weighted by atomic mass is 32.2. The number of carbonyl (C=O) groups is 1. The number of nitro groups is 1. The molecule has 7 nitrogen and oxygen atoms in total. The van der Waals surface area contributed by atoms with Gasteiger partial charge < -0.3 is 9.57 Å². The number of rotatable bonds is 3. The zero-order valence-corrected chi connectivity index (χ0v) is 13.6. The summed E-state index contributed by atoms with van der Waals surface area (Å²) in [6.07, 6.45) is 0. The Morgan fingerprint density at radius 1 is 1.17 bits per heavy atom. The second kappa shape index (κ2) is 6.32. The summed E-state index contributed by atoms with van der Waals surface area (Å²) in [4.78, 5) is 27.6. The Kier molecular flexibility index (Phi) is 4.22. The summed E-state index contributed by atoms with van der Waals surface area (Å²) in [5.74, 6) is 0.511. The van der Waals surface area contributed by atoms with Crippen molar-refractivity contribution in [3.05, 3.63) is 52.1 Å². The van der Waals surface area contributed by atoms with E-state index in [4.69, 9.17) is 4.74 Å². The lowest BCUT2D eigenvalue weighted by molar-refractivity contribution is -0.385. The Balaban J connectivity index is 1.91. The minimum Gasteiger partial charge on any atom is -0.455 e. The molecule has 8 heteroatoms. The highest BCUT2D eigenvalue weighted by Crippen LogP contribution is 2.48. The van der Waals surface area contributed by atoms with Crippen molar-refractivity contribution in [2.75, 3.05) is 0 Å². The van der Waals surface area contributed by atoms with E-state index in [1.54, 1.807) is 19.1 Å². The number of fused-ring (bicyclic) bond motifs is 2. The van der Waals surface area contributed by atoms with Gasteiger partial charge in [-0.1, -0.05) is 23.0 Å². The van der Waals surface area contributed by atoms with E-state index in [0.717, 1.165) is 15.4 Å². The lowest BCUT2D eigenvalue weighted by Gasteiger charge is -2.19. The molecular weight excluding hydrogens is 332 g/mol. The van der Waals surface area contributed by atoms with E-state index in [-0.39, 0.29) is 5.69 Å². The van der Waals surface area contributed by atoms with Gasteiger partial charge in [-0.2, -0.15) is 0 Å². The van der Waals surface area contributed by atoms with Crippen LogP contribution in [0.5, 0.6) is 11.5 Å². The zero-order valence-electron chi connectivity index (χ0n) is 12.8. The molecule has 0 fully saturated rings. The number of carbonyl (C=O) groups excluding carboxylic acids is 1. The molecule has 0 radical (unpaired) electrons. The van der Waals surface area contributed by atoms with Gasteiger partial charge in [0, 0.05) is 18.6 Å². The Bertz CT molecular complexity index is 879. The largest absolute Gasteiger partial charge is 0.455 e. The first-order valence-corrected chi connectivity index (χ1v) is 7.76. The first-order chi connectivity index (χ1) is 11.4. The quantitative estimate of drug-likeness (QED) is 0.307. The van der Waals surface area contributed by atoms with Crippen LogP contribution in [-0.4, -0.2) is 16.6 Å². The average Bonchev–Trinajstić information content (AvgIpc) is 2.56. The third kappa shape index (κ3) is 3.23.